The van der Waals surface area contributed by atoms with Crippen molar-refractivity contribution in [3.8, 4) is 11.3 Å². The maximum Gasteiger partial charge on any atom is 0.332 e. The number of hydrogen-bond donors (Lipinski definition) is 1. The zero-order chi connectivity index (χ0) is 28.8. The predicted octanol–water partition coefficient (Wildman–Crippen LogP) is 3.01. The van der Waals surface area contributed by atoms with Crippen LogP contribution in [0, 0.1) is 6.92 Å². The topological polar surface area (TPSA) is 143 Å². The van der Waals surface area contributed by atoms with Crippen LogP contribution < -0.4 is 16.6 Å². The first kappa shape index (κ1) is 26.6. The number of amides is 1. The van der Waals surface area contributed by atoms with Gasteiger partial charge in [-0.2, -0.15) is 8.78 Å². The van der Waals surface area contributed by atoms with Gasteiger partial charge in [0.05, 0.1) is 18.6 Å². The number of rotatable bonds is 7. The zero-order valence-electron chi connectivity index (χ0n) is 21.9. The highest BCUT2D eigenvalue weighted by atomic mass is 19.3. The Morgan fingerprint density at radius 1 is 1.18 bits per heavy atom. The first-order valence-electron chi connectivity index (χ1n) is 12.1. The third-order valence-corrected chi connectivity index (χ3v) is 6.36. The lowest BCUT2D eigenvalue weighted by atomic mass is 10.1. The minimum Gasteiger partial charge on any atom is -0.361 e. The molecule has 12 nitrogen and oxygen atoms in total. The summed E-state index contributed by atoms with van der Waals surface area (Å²) in [5, 5.41) is 6.56. The number of pyridine rings is 2. The molecule has 1 atom stereocenters. The molecule has 0 aliphatic carbocycles. The molecule has 1 amide bonds. The Hall–Kier alpha value is -5.01. The number of fused-ring (bicyclic) bond motifs is 1. The number of nitrogens with one attached hydrogen (secondary N) is 1. The third kappa shape index (κ3) is 4.90. The number of nitrogens with zero attached hydrogens (tertiary/aromatic N) is 7. The highest BCUT2D eigenvalue weighted by molar-refractivity contribution is 5.93. The van der Waals surface area contributed by atoms with Gasteiger partial charge in [0, 0.05) is 31.8 Å². The Labute approximate surface area is 224 Å². The summed E-state index contributed by atoms with van der Waals surface area (Å²) in [5.41, 5.74) is -0.112. The molecular formula is C26H24F2N8O4. The van der Waals surface area contributed by atoms with E-state index < -0.39 is 29.1 Å². The van der Waals surface area contributed by atoms with Crippen molar-refractivity contribution in [3.63, 3.8) is 0 Å². The van der Waals surface area contributed by atoms with Gasteiger partial charge in [-0.25, -0.2) is 14.8 Å². The van der Waals surface area contributed by atoms with E-state index in [0.717, 1.165) is 11.5 Å². The van der Waals surface area contributed by atoms with Crippen LogP contribution >= 0.6 is 0 Å². The Morgan fingerprint density at radius 2 is 1.95 bits per heavy atom. The van der Waals surface area contributed by atoms with Gasteiger partial charge in [-0.3, -0.25) is 23.7 Å². The Kier molecular flexibility index (Phi) is 6.61. The molecule has 0 aromatic carbocycles. The highest BCUT2D eigenvalue weighted by Gasteiger charge is 2.26. The van der Waals surface area contributed by atoms with Crippen molar-refractivity contribution in [1.29, 1.82) is 0 Å². The average molecular weight is 551 g/mol. The van der Waals surface area contributed by atoms with Gasteiger partial charge >= 0.3 is 5.69 Å². The molecule has 5 aromatic rings. The molecule has 5 heterocycles. The van der Waals surface area contributed by atoms with E-state index >= 15 is 0 Å². The van der Waals surface area contributed by atoms with Crippen LogP contribution in [0.3, 0.4) is 0 Å². The summed E-state index contributed by atoms with van der Waals surface area (Å²) in [6, 6.07) is 8.27. The van der Waals surface area contributed by atoms with Gasteiger partial charge < -0.3 is 14.4 Å². The van der Waals surface area contributed by atoms with Gasteiger partial charge in [0.25, 0.3) is 11.5 Å². The minimum absolute atomic E-state index is 0.0607. The van der Waals surface area contributed by atoms with Gasteiger partial charge in [0.15, 0.2) is 11.2 Å². The van der Waals surface area contributed by atoms with Crippen LogP contribution in [0.4, 0.5) is 14.6 Å². The van der Waals surface area contributed by atoms with E-state index in [4.69, 9.17) is 4.52 Å². The summed E-state index contributed by atoms with van der Waals surface area (Å²) >= 11 is 0. The van der Waals surface area contributed by atoms with E-state index in [9.17, 15) is 23.2 Å². The lowest BCUT2D eigenvalue weighted by molar-refractivity contribution is -0.118. The van der Waals surface area contributed by atoms with Crippen molar-refractivity contribution in [1.82, 2.24) is 33.8 Å². The molecule has 0 bridgehead atoms. The molecule has 1 N–H and O–H groups in total. The second-order valence-corrected chi connectivity index (χ2v) is 9.38. The van der Waals surface area contributed by atoms with Crippen molar-refractivity contribution in [2.45, 2.75) is 39.3 Å². The molecule has 0 spiro atoms. The predicted molar refractivity (Wildman–Crippen MR) is 140 cm³/mol. The normalized spacial score (nSPS) is 12.6. The Balaban J connectivity index is 1.43. The third-order valence-electron chi connectivity index (χ3n) is 6.36. The summed E-state index contributed by atoms with van der Waals surface area (Å²) in [4.78, 5) is 51.9. The summed E-state index contributed by atoms with van der Waals surface area (Å²) in [7, 11) is 1.48. The van der Waals surface area contributed by atoms with E-state index in [1.54, 1.807) is 38.1 Å². The monoisotopic (exact) mass is 550 g/mol. The second kappa shape index (κ2) is 9.94. The van der Waals surface area contributed by atoms with Gasteiger partial charge in [-0.1, -0.05) is 11.2 Å². The van der Waals surface area contributed by atoms with E-state index in [-0.39, 0.29) is 29.2 Å². The fourth-order valence-electron chi connectivity index (χ4n) is 4.20. The maximum absolute atomic E-state index is 13.5. The average Bonchev–Trinajstić information content (AvgIpc) is 3.55. The second-order valence-electron chi connectivity index (χ2n) is 9.38. The van der Waals surface area contributed by atoms with Crippen LogP contribution in [0.1, 0.15) is 37.0 Å². The van der Waals surface area contributed by atoms with Crippen LogP contribution in [0.25, 0.3) is 22.4 Å². The molecular weight excluding hydrogens is 526 g/mol. The maximum atomic E-state index is 13.5. The molecule has 40 heavy (non-hydrogen) atoms. The van der Waals surface area contributed by atoms with Crippen molar-refractivity contribution in [2.24, 2.45) is 7.05 Å². The van der Waals surface area contributed by atoms with Gasteiger partial charge in [-0.15, -0.1) is 0 Å². The molecule has 0 unspecified atom stereocenters. The number of aryl methyl sites for hydroxylation is 2. The molecule has 0 fully saturated rings. The van der Waals surface area contributed by atoms with Crippen LogP contribution in [0.2, 0.25) is 0 Å². The number of carbonyl (C=O) groups is 1. The van der Waals surface area contributed by atoms with E-state index in [1.807, 2.05) is 0 Å². The zero-order valence-corrected chi connectivity index (χ0v) is 21.9. The largest absolute Gasteiger partial charge is 0.361 e. The number of halogens is 2. The lowest BCUT2D eigenvalue weighted by Gasteiger charge is -2.15. The molecule has 5 rings (SSSR count). The molecule has 5 aromatic heterocycles. The number of hydrogen-bond acceptors (Lipinski definition) is 8. The highest BCUT2D eigenvalue weighted by Crippen LogP contribution is 2.27. The van der Waals surface area contributed by atoms with Gasteiger partial charge in [-0.05, 0) is 38.1 Å². The first-order chi connectivity index (χ1) is 18.9. The van der Waals surface area contributed by atoms with Crippen molar-refractivity contribution < 1.29 is 18.1 Å². The molecule has 0 saturated heterocycles. The van der Waals surface area contributed by atoms with Crippen LogP contribution in [-0.4, -0.2) is 39.7 Å². The molecule has 0 saturated carbocycles. The quantitative estimate of drug-likeness (QED) is 0.326. The Morgan fingerprint density at radius 3 is 2.60 bits per heavy atom. The molecule has 0 aliphatic rings. The summed E-state index contributed by atoms with van der Waals surface area (Å²) in [5.74, 6) is -2.84. The summed E-state index contributed by atoms with van der Waals surface area (Å²) in [6.45, 7) is 3.91. The summed E-state index contributed by atoms with van der Waals surface area (Å²) in [6.07, 6.45) is 2.61. The van der Waals surface area contributed by atoms with Crippen LogP contribution in [0.5, 0.6) is 0 Å². The van der Waals surface area contributed by atoms with Crippen molar-refractivity contribution in [3.05, 3.63) is 86.9 Å². The lowest BCUT2D eigenvalue weighted by Crippen LogP contribution is -2.40. The number of alkyl halides is 2. The molecule has 14 heteroatoms. The van der Waals surface area contributed by atoms with Crippen LogP contribution in [0.15, 0.2) is 63.0 Å². The number of carbonyl (C=O) groups excluding carboxylic acids is 1. The number of imidazole rings is 1. The van der Waals surface area contributed by atoms with E-state index in [1.165, 1.54) is 40.8 Å². The van der Waals surface area contributed by atoms with Crippen LogP contribution in [-0.2, 0) is 24.3 Å². The molecule has 206 valence electrons. The standard InChI is InChI=1S/C26H24F2N8O4/c1-14-10-17(33-40-14)12-35-24(38)21-22(34(4)25(35)39)30-13-36(21)15(2)23(37)32-20-7-5-6-18(31-20)16-8-9-19(29-11-16)26(3,27)28/h5-11,13,15H,12H2,1-4H3,(H,31,32,37)/t15-/m0/s1. The Bertz CT molecular complexity index is 1850. The van der Waals surface area contributed by atoms with Gasteiger partial charge in [0.1, 0.15) is 29.0 Å². The number of anilines is 1. The smallest absolute Gasteiger partial charge is 0.332 e. The summed E-state index contributed by atoms with van der Waals surface area (Å²) < 4.78 is 35.6. The van der Waals surface area contributed by atoms with E-state index in [0.29, 0.717) is 22.7 Å². The molecule has 0 radical (unpaired) electrons. The van der Waals surface area contributed by atoms with Crippen molar-refractivity contribution in [2.75, 3.05) is 5.32 Å². The first-order valence-corrected chi connectivity index (χ1v) is 12.1. The number of aromatic nitrogens is 7. The fourth-order valence-corrected chi connectivity index (χ4v) is 4.20. The SMILES string of the molecule is Cc1cc(Cn2c(=O)c3c(ncn3[C@@H](C)C(=O)Nc3cccc(-c4ccc(C(C)(F)F)nc4)n3)n(C)c2=O)no1. The fraction of sp³-hybridized carbons (Fsp3) is 0.269. The molecule has 0 aliphatic heterocycles. The van der Waals surface area contributed by atoms with Crippen molar-refractivity contribution >= 4 is 22.9 Å². The van der Waals surface area contributed by atoms with Gasteiger partial charge in [0.2, 0.25) is 5.91 Å². The minimum atomic E-state index is -3.07. The van der Waals surface area contributed by atoms with E-state index in [2.05, 4.69) is 25.4 Å².